The molecule has 2 aromatic carbocycles. The highest BCUT2D eigenvalue weighted by atomic mass is 19.1. The standard InChI is InChI=1S/C22H23FN2O2/c23-19-9-11-20(12-10-19)25-22(27)18-8-4-7-17(15-18)21(26)24-14-13-16-5-2-1-3-6-16/h4-5,7-12,15H,1-3,6,13-14H2,(H,24,26)(H,25,27). The molecular weight excluding hydrogens is 343 g/mol. The highest BCUT2D eigenvalue weighted by molar-refractivity contribution is 6.06. The molecule has 0 spiro atoms. The molecule has 0 atom stereocenters. The number of rotatable bonds is 6. The summed E-state index contributed by atoms with van der Waals surface area (Å²) in [5.41, 5.74) is 2.73. The van der Waals surface area contributed by atoms with E-state index in [2.05, 4.69) is 16.7 Å². The number of carbonyl (C=O) groups excluding carboxylic acids is 2. The average molecular weight is 366 g/mol. The molecule has 0 aromatic heterocycles. The van der Waals surface area contributed by atoms with Crippen molar-refractivity contribution in [2.75, 3.05) is 11.9 Å². The Balaban J connectivity index is 1.57. The molecule has 3 rings (SSSR count). The first kappa shape index (κ1) is 18.8. The Morgan fingerprint density at radius 2 is 1.70 bits per heavy atom. The molecule has 0 heterocycles. The SMILES string of the molecule is O=C(NCCC1=CCCCC1)c1cccc(C(=O)Nc2ccc(F)cc2)c1. The van der Waals surface area contributed by atoms with Crippen LogP contribution < -0.4 is 10.6 Å². The molecule has 1 aliphatic carbocycles. The van der Waals surface area contributed by atoms with E-state index in [1.807, 2.05) is 0 Å². The quantitative estimate of drug-likeness (QED) is 0.728. The summed E-state index contributed by atoms with van der Waals surface area (Å²) in [5.74, 6) is -0.901. The van der Waals surface area contributed by atoms with Crippen LogP contribution in [0.25, 0.3) is 0 Å². The number of amides is 2. The summed E-state index contributed by atoms with van der Waals surface area (Å²) >= 11 is 0. The highest BCUT2D eigenvalue weighted by Gasteiger charge is 2.11. The van der Waals surface area contributed by atoms with E-state index >= 15 is 0 Å². The van der Waals surface area contributed by atoms with Gasteiger partial charge in [0.2, 0.25) is 0 Å². The van der Waals surface area contributed by atoms with Crippen LogP contribution in [0.3, 0.4) is 0 Å². The molecular formula is C22H23FN2O2. The molecule has 0 saturated heterocycles. The third-order valence-corrected chi connectivity index (χ3v) is 4.61. The molecule has 0 aliphatic heterocycles. The Bertz CT molecular complexity index is 844. The van der Waals surface area contributed by atoms with Crippen LogP contribution in [0.1, 0.15) is 52.8 Å². The van der Waals surface area contributed by atoms with E-state index in [4.69, 9.17) is 0 Å². The van der Waals surface area contributed by atoms with Crippen LogP contribution >= 0.6 is 0 Å². The van der Waals surface area contributed by atoms with Gasteiger partial charge in [0.05, 0.1) is 0 Å². The van der Waals surface area contributed by atoms with Crippen LogP contribution in [-0.4, -0.2) is 18.4 Å². The zero-order chi connectivity index (χ0) is 19.1. The van der Waals surface area contributed by atoms with Gasteiger partial charge in [-0.15, -0.1) is 0 Å². The van der Waals surface area contributed by atoms with Crippen LogP contribution in [0, 0.1) is 5.82 Å². The normalized spacial score (nSPS) is 13.6. The van der Waals surface area contributed by atoms with Crippen molar-refractivity contribution in [3.05, 3.63) is 77.1 Å². The predicted molar refractivity (Wildman–Crippen MR) is 104 cm³/mol. The lowest BCUT2D eigenvalue weighted by Crippen LogP contribution is -2.25. The Morgan fingerprint density at radius 1 is 0.963 bits per heavy atom. The second-order valence-electron chi connectivity index (χ2n) is 6.66. The van der Waals surface area contributed by atoms with Gasteiger partial charge in [0.25, 0.3) is 11.8 Å². The Labute approximate surface area is 158 Å². The highest BCUT2D eigenvalue weighted by Crippen LogP contribution is 2.19. The maximum absolute atomic E-state index is 12.9. The number of nitrogens with one attached hydrogen (secondary N) is 2. The zero-order valence-electron chi connectivity index (χ0n) is 15.1. The van der Waals surface area contributed by atoms with Crippen LogP contribution in [0.4, 0.5) is 10.1 Å². The topological polar surface area (TPSA) is 58.2 Å². The van der Waals surface area contributed by atoms with Gasteiger partial charge in [-0.2, -0.15) is 0 Å². The third-order valence-electron chi connectivity index (χ3n) is 4.61. The Morgan fingerprint density at radius 3 is 2.41 bits per heavy atom. The van der Waals surface area contributed by atoms with Gasteiger partial charge in [0.1, 0.15) is 5.82 Å². The van der Waals surface area contributed by atoms with E-state index in [1.54, 1.807) is 24.3 Å². The maximum Gasteiger partial charge on any atom is 0.255 e. The molecule has 4 nitrogen and oxygen atoms in total. The summed E-state index contributed by atoms with van der Waals surface area (Å²) in [7, 11) is 0. The van der Waals surface area contributed by atoms with Crippen molar-refractivity contribution in [3.8, 4) is 0 Å². The van der Waals surface area contributed by atoms with Gasteiger partial charge in [-0.3, -0.25) is 9.59 Å². The Kier molecular flexibility index (Phi) is 6.36. The van der Waals surface area contributed by atoms with Crippen molar-refractivity contribution in [2.24, 2.45) is 0 Å². The van der Waals surface area contributed by atoms with Gasteiger partial charge in [-0.25, -0.2) is 4.39 Å². The third kappa shape index (κ3) is 5.51. The molecule has 0 saturated carbocycles. The molecule has 2 amide bonds. The van der Waals surface area contributed by atoms with E-state index in [-0.39, 0.29) is 17.6 Å². The largest absolute Gasteiger partial charge is 0.352 e. The second kappa shape index (κ2) is 9.12. The van der Waals surface area contributed by atoms with Gasteiger partial charge in [0, 0.05) is 23.4 Å². The molecule has 0 bridgehead atoms. The lowest BCUT2D eigenvalue weighted by Gasteiger charge is -2.13. The van der Waals surface area contributed by atoms with Crippen molar-refractivity contribution >= 4 is 17.5 Å². The van der Waals surface area contributed by atoms with Crippen LogP contribution in [0.5, 0.6) is 0 Å². The van der Waals surface area contributed by atoms with Crippen LogP contribution in [0.2, 0.25) is 0 Å². The summed E-state index contributed by atoms with van der Waals surface area (Å²) in [6.45, 7) is 0.594. The summed E-state index contributed by atoms with van der Waals surface area (Å²) in [4.78, 5) is 24.7. The molecule has 5 heteroatoms. The van der Waals surface area contributed by atoms with Crippen molar-refractivity contribution in [3.63, 3.8) is 0 Å². The second-order valence-corrected chi connectivity index (χ2v) is 6.66. The van der Waals surface area contributed by atoms with Gasteiger partial charge in [0.15, 0.2) is 0 Å². The first-order valence-electron chi connectivity index (χ1n) is 9.25. The number of hydrogen-bond acceptors (Lipinski definition) is 2. The summed E-state index contributed by atoms with van der Waals surface area (Å²) in [6, 6.07) is 12.1. The zero-order valence-corrected chi connectivity index (χ0v) is 15.1. The van der Waals surface area contributed by atoms with Gasteiger partial charge in [-0.05, 0) is 74.6 Å². The first-order chi connectivity index (χ1) is 13.1. The fraction of sp³-hybridized carbons (Fsp3) is 0.273. The summed E-state index contributed by atoms with van der Waals surface area (Å²) in [6.07, 6.45) is 7.88. The van der Waals surface area contributed by atoms with E-state index in [1.165, 1.54) is 42.7 Å². The number of benzene rings is 2. The molecule has 27 heavy (non-hydrogen) atoms. The molecule has 2 N–H and O–H groups in total. The van der Waals surface area contributed by atoms with Crippen LogP contribution in [-0.2, 0) is 0 Å². The van der Waals surface area contributed by atoms with Crippen LogP contribution in [0.15, 0.2) is 60.2 Å². The minimum atomic E-state index is -0.365. The van der Waals surface area contributed by atoms with Gasteiger partial charge < -0.3 is 10.6 Å². The van der Waals surface area contributed by atoms with Crippen molar-refractivity contribution in [2.45, 2.75) is 32.1 Å². The van der Waals surface area contributed by atoms with Gasteiger partial charge >= 0.3 is 0 Å². The molecule has 2 aromatic rings. The van der Waals surface area contributed by atoms with Crippen molar-refractivity contribution < 1.29 is 14.0 Å². The predicted octanol–water partition coefficient (Wildman–Crippen LogP) is 4.70. The number of allylic oxidation sites excluding steroid dienone is 1. The smallest absolute Gasteiger partial charge is 0.255 e. The number of halogens is 1. The lowest BCUT2D eigenvalue weighted by atomic mass is 9.97. The molecule has 0 unspecified atom stereocenters. The van der Waals surface area contributed by atoms with E-state index in [0.29, 0.717) is 23.4 Å². The monoisotopic (exact) mass is 366 g/mol. The Hall–Kier alpha value is -2.95. The number of carbonyl (C=O) groups is 2. The molecule has 0 fully saturated rings. The molecule has 0 radical (unpaired) electrons. The van der Waals surface area contributed by atoms with Crippen molar-refractivity contribution in [1.29, 1.82) is 0 Å². The summed E-state index contributed by atoms with van der Waals surface area (Å²) in [5, 5.41) is 5.61. The van der Waals surface area contributed by atoms with Crippen molar-refractivity contribution in [1.82, 2.24) is 5.32 Å². The fourth-order valence-corrected chi connectivity index (χ4v) is 3.11. The van der Waals surface area contributed by atoms with E-state index < -0.39 is 0 Å². The minimum Gasteiger partial charge on any atom is -0.352 e. The molecule has 1 aliphatic rings. The average Bonchev–Trinajstić information content (AvgIpc) is 2.70. The number of anilines is 1. The number of hydrogen-bond donors (Lipinski definition) is 2. The maximum atomic E-state index is 12.9. The lowest BCUT2D eigenvalue weighted by molar-refractivity contribution is 0.0954. The fourth-order valence-electron chi connectivity index (χ4n) is 3.11. The molecule has 140 valence electrons. The summed E-state index contributed by atoms with van der Waals surface area (Å²) < 4.78 is 12.9. The van der Waals surface area contributed by atoms with Gasteiger partial charge in [-0.1, -0.05) is 17.7 Å². The first-order valence-corrected chi connectivity index (χ1v) is 9.25. The van der Waals surface area contributed by atoms with E-state index in [0.717, 1.165) is 19.3 Å². The van der Waals surface area contributed by atoms with E-state index in [9.17, 15) is 14.0 Å². The minimum absolute atomic E-state index is 0.192.